The quantitative estimate of drug-likeness (QED) is 0.763. The summed E-state index contributed by atoms with van der Waals surface area (Å²) in [5.74, 6) is 0. The molecule has 89 valence electrons. The Labute approximate surface area is 111 Å². The molecule has 0 bridgehead atoms. The van der Waals surface area contributed by atoms with Crippen molar-refractivity contribution in [2.75, 3.05) is 0 Å². The van der Waals surface area contributed by atoms with E-state index in [2.05, 4.69) is 23.4 Å². The molecule has 1 nitrogen and oxygen atoms in total. The van der Waals surface area contributed by atoms with E-state index in [1.807, 2.05) is 19.1 Å². The molecule has 1 aromatic heterocycles. The molecule has 0 saturated heterocycles. The van der Waals surface area contributed by atoms with Crippen LogP contribution in [0.5, 0.6) is 0 Å². The van der Waals surface area contributed by atoms with Gasteiger partial charge in [0.15, 0.2) is 0 Å². The van der Waals surface area contributed by atoms with Crippen molar-refractivity contribution >= 4 is 22.9 Å². The fraction of sp³-hybridized carbons (Fsp3) is 0.286. The van der Waals surface area contributed by atoms with Crippen LogP contribution in [0, 0.1) is 13.8 Å². The highest BCUT2D eigenvalue weighted by Gasteiger charge is 2.08. The molecular weight excluding hydrogens is 250 g/mol. The summed E-state index contributed by atoms with van der Waals surface area (Å²) in [5.41, 5.74) is 3.18. The largest absolute Gasteiger partial charge is 0.241 e. The molecule has 1 radical (unpaired) electrons. The average Bonchev–Trinajstić information content (AvgIpc) is 2.75. The normalized spacial score (nSPS) is 10.8. The minimum Gasteiger partial charge on any atom is -0.241 e. The maximum atomic E-state index is 6.23. The molecule has 0 spiro atoms. The molecule has 0 aliphatic carbocycles. The zero-order valence-electron chi connectivity index (χ0n) is 9.87. The fourth-order valence-corrected chi connectivity index (χ4v) is 2.83. The molecule has 0 amide bonds. The molecule has 0 aliphatic rings. The van der Waals surface area contributed by atoms with Gasteiger partial charge in [0.25, 0.3) is 0 Å². The summed E-state index contributed by atoms with van der Waals surface area (Å²) in [5, 5.41) is 4.02. The lowest BCUT2D eigenvalue weighted by atomic mass is 10.1. The van der Waals surface area contributed by atoms with Crippen molar-refractivity contribution in [1.29, 1.82) is 0 Å². The van der Waals surface area contributed by atoms with Crippen molar-refractivity contribution in [3.8, 4) is 11.3 Å². The lowest BCUT2D eigenvalue weighted by molar-refractivity contribution is 0.834. The second kappa shape index (κ2) is 5.65. The summed E-state index contributed by atoms with van der Waals surface area (Å²) in [4.78, 5) is 4.61. The molecule has 3 heteroatoms. The van der Waals surface area contributed by atoms with E-state index >= 15 is 0 Å². The number of hydrogen-bond donors (Lipinski definition) is 0. The monoisotopic (exact) mass is 264 g/mol. The Balaban J connectivity index is 2.24. The lowest BCUT2D eigenvalue weighted by Gasteiger charge is -2.01. The summed E-state index contributed by atoms with van der Waals surface area (Å²) < 4.78 is 0. The first-order valence-electron chi connectivity index (χ1n) is 5.71. The van der Waals surface area contributed by atoms with E-state index in [4.69, 9.17) is 11.6 Å². The molecule has 0 unspecified atom stereocenters. The van der Waals surface area contributed by atoms with Crippen LogP contribution in [0.3, 0.4) is 0 Å². The van der Waals surface area contributed by atoms with E-state index in [-0.39, 0.29) is 0 Å². The molecule has 2 rings (SSSR count). The molecule has 2 aromatic rings. The minimum absolute atomic E-state index is 0.777. The summed E-state index contributed by atoms with van der Waals surface area (Å²) in [6, 6.07) is 6.08. The molecule has 0 saturated carbocycles. The third-order valence-corrected chi connectivity index (χ3v) is 3.81. The van der Waals surface area contributed by atoms with Gasteiger partial charge in [-0.05, 0) is 31.4 Å². The highest BCUT2D eigenvalue weighted by atomic mass is 35.5. The van der Waals surface area contributed by atoms with E-state index in [9.17, 15) is 0 Å². The Hall–Kier alpha value is -0.860. The van der Waals surface area contributed by atoms with Crippen LogP contribution in [0.1, 0.15) is 23.4 Å². The number of thiazole rings is 1. The van der Waals surface area contributed by atoms with Crippen LogP contribution >= 0.6 is 22.9 Å². The molecule has 0 fully saturated rings. The predicted molar refractivity (Wildman–Crippen MR) is 75.6 cm³/mol. The first kappa shape index (κ1) is 12.6. The van der Waals surface area contributed by atoms with Crippen LogP contribution < -0.4 is 0 Å². The number of aryl methyl sites for hydroxylation is 2. The highest BCUT2D eigenvalue weighted by molar-refractivity contribution is 7.09. The second-order valence-corrected chi connectivity index (χ2v) is 5.42. The Kier molecular flexibility index (Phi) is 4.19. The molecular formula is C14H15ClNS. The number of benzene rings is 1. The van der Waals surface area contributed by atoms with Crippen molar-refractivity contribution in [1.82, 2.24) is 4.98 Å². The van der Waals surface area contributed by atoms with Crippen LogP contribution in [0.2, 0.25) is 5.02 Å². The van der Waals surface area contributed by atoms with Gasteiger partial charge in [-0.3, -0.25) is 0 Å². The van der Waals surface area contributed by atoms with Gasteiger partial charge in [0.1, 0.15) is 0 Å². The molecule has 1 heterocycles. The summed E-state index contributed by atoms with van der Waals surface area (Å²) in [6.07, 6.45) is 3.06. The van der Waals surface area contributed by atoms with Crippen LogP contribution in [-0.2, 0) is 6.42 Å². The SMILES string of the molecule is [CH2]CCCc1nc(-c2ccc(C)cc2Cl)cs1. The van der Waals surface area contributed by atoms with Gasteiger partial charge in [0, 0.05) is 10.9 Å². The molecule has 17 heavy (non-hydrogen) atoms. The number of halogens is 1. The predicted octanol–water partition coefficient (Wildman–Crippen LogP) is 4.93. The topological polar surface area (TPSA) is 12.9 Å². The fourth-order valence-electron chi connectivity index (χ4n) is 1.65. The van der Waals surface area contributed by atoms with Crippen LogP contribution in [0.4, 0.5) is 0 Å². The van der Waals surface area contributed by atoms with Crippen molar-refractivity contribution in [2.45, 2.75) is 26.2 Å². The third-order valence-electron chi connectivity index (χ3n) is 2.59. The number of unbranched alkanes of at least 4 members (excludes halogenated alkanes) is 1. The number of hydrogen-bond acceptors (Lipinski definition) is 2. The third kappa shape index (κ3) is 3.08. The van der Waals surface area contributed by atoms with Gasteiger partial charge in [-0.15, -0.1) is 11.3 Å². The second-order valence-electron chi connectivity index (χ2n) is 4.07. The van der Waals surface area contributed by atoms with Gasteiger partial charge in [-0.2, -0.15) is 0 Å². The highest BCUT2D eigenvalue weighted by Crippen LogP contribution is 2.29. The average molecular weight is 265 g/mol. The van der Waals surface area contributed by atoms with Crippen LogP contribution in [0.25, 0.3) is 11.3 Å². The Morgan fingerprint density at radius 3 is 2.94 bits per heavy atom. The van der Waals surface area contributed by atoms with Crippen molar-refractivity contribution < 1.29 is 0 Å². The minimum atomic E-state index is 0.777. The van der Waals surface area contributed by atoms with Gasteiger partial charge in [-0.25, -0.2) is 4.98 Å². The van der Waals surface area contributed by atoms with E-state index in [1.165, 1.54) is 10.6 Å². The van der Waals surface area contributed by atoms with Gasteiger partial charge < -0.3 is 0 Å². The Bertz CT molecular complexity index is 505. The summed E-state index contributed by atoms with van der Waals surface area (Å²) in [7, 11) is 0. The van der Waals surface area contributed by atoms with Gasteiger partial charge >= 0.3 is 0 Å². The molecule has 0 N–H and O–H groups in total. The summed E-state index contributed by atoms with van der Waals surface area (Å²) >= 11 is 7.93. The molecule has 0 aliphatic heterocycles. The first-order valence-corrected chi connectivity index (χ1v) is 6.96. The van der Waals surface area contributed by atoms with Gasteiger partial charge in [-0.1, -0.05) is 37.1 Å². The first-order chi connectivity index (χ1) is 8.20. The lowest BCUT2D eigenvalue weighted by Crippen LogP contribution is -1.85. The van der Waals surface area contributed by atoms with Crippen molar-refractivity contribution in [3.63, 3.8) is 0 Å². The number of aromatic nitrogens is 1. The Morgan fingerprint density at radius 1 is 1.41 bits per heavy atom. The zero-order chi connectivity index (χ0) is 12.3. The van der Waals surface area contributed by atoms with Crippen molar-refractivity contribution in [3.05, 3.63) is 46.1 Å². The standard InChI is InChI=1S/C14H15ClNS/c1-3-4-5-14-16-13(9-17-14)11-7-6-10(2)8-12(11)15/h6-9H,1,3-5H2,2H3. The van der Waals surface area contributed by atoms with E-state index in [0.29, 0.717) is 0 Å². The van der Waals surface area contributed by atoms with Crippen LogP contribution in [-0.4, -0.2) is 4.98 Å². The number of nitrogens with zero attached hydrogens (tertiary/aromatic N) is 1. The van der Waals surface area contributed by atoms with Gasteiger partial charge in [0.05, 0.1) is 15.7 Å². The van der Waals surface area contributed by atoms with Crippen LogP contribution in [0.15, 0.2) is 23.6 Å². The molecule has 1 aromatic carbocycles. The zero-order valence-corrected chi connectivity index (χ0v) is 11.4. The van der Waals surface area contributed by atoms with E-state index < -0.39 is 0 Å². The number of rotatable bonds is 4. The van der Waals surface area contributed by atoms with E-state index in [0.717, 1.165) is 35.5 Å². The van der Waals surface area contributed by atoms with Crippen molar-refractivity contribution in [2.24, 2.45) is 0 Å². The maximum Gasteiger partial charge on any atom is 0.0932 e. The Morgan fingerprint density at radius 2 is 2.24 bits per heavy atom. The summed E-state index contributed by atoms with van der Waals surface area (Å²) in [6.45, 7) is 5.88. The smallest absolute Gasteiger partial charge is 0.0932 e. The molecule has 0 atom stereocenters. The van der Waals surface area contributed by atoms with Gasteiger partial charge in [0.2, 0.25) is 0 Å². The maximum absolute atomic E-state index is 6.23. The van der Waals surface area contributed by atoms with E-state index in [1.54, 1.807) is 11.3 Å².